The number of benzene rings is 1. The molecule has 0 amide bonds. The highest BCUT2D eigenvalue weighted by atomic mass is 79.9. The van der Waals surface area contributed by atoms with Crippen molar-refractivity contribution >= 4 is 27.3 Å². The van der Waals surface area contributed by atoms with Crippen LogP contribution in [0.3, 0.4) is 0 Å². The van der Waals surface area contributed by atoms with Crippen LogP contribution in [0.2, 0.25) is 0 Å². The zero-order valence-electron chi connectivity index (χ0n) is 9.03. The first-order valence-electron chi connectivity index (χ1n) is 5.19. The molecular formula is C12H13BrN2S. The van der Waals surface area contributed by atoms with E-state index < -0.39 is 0 Å². The lowest BCUT2D eigenvalue weighted by atomic mass is 10.2. The summed E-state index contributed by atoms with van der Waals surface area (Å²) in [5.41, 5.74) is 7.98. The third kappa shape index (κ3) is 2.34. The van der Waals surface area contributed by atoms with Crippen LogP contribution in [0.5, 0.6) is 0 Å². The summed E-state index contributed by atoms with van der Waals surface area (Å²) in [7, 11) is 0. The van der Waals surface area contributed by atoms with Gasteiger partial charge in [-0.3, -0.25) is 0 Å². The minimum absolute atomic E-state index is 0.578. The van der Waals surface area contributed by atoms with Crippen LogP contribution in [-0.4, -0.2) is 4.98 Å². The number of nitrogens with zero attached hydrogens (tertiary/aromatic N) is 1. The maximum Gasteiger partial charge on any atom is 0.123 e. The van der Waals surface area contributed by atoms with E-state index in [1.807, 2.05) is 12.1 Å². The lowest BCUT2D eigenvalue weighted by Crippen LogP contribution is -1.96. The molecule has 2 aromatic rings. The van der Waals surface area contributed by atoms with E-state index in [1.165, 1.54) is 4.88 Å². The van der Waals surface area contributed by atoms with Gasteiger partial charge in [0.1, 0.15) is 5.01 Å². The van der Waals surface area contributed by atoms with Crippen LogP contribution >= 0.6 is 27.3 Å². The Kier molecular flexibility index (Phi) is 3.74. The van der Waals surface area contributed by atoms with Gasteiger partial charge in [0.2, 0.25) is 0 Å². The molecule has 0 aliphatic carbocycles. The smallest absolute Gasteiger partial charge is 0.123 e. The van der Waals surface area contributed by atoms with Crippen molar-refractivity contribution in [2.45, 2.75) is 19.9 Å². The molecule has 0 atom stereocenters. The van der Waals surface area contributed by atoms with Gasteiger partial charge in [0.25, 0.3) is 0 Å². The maximum absolute atomic E-state index is 5.71. The number of aryl methyl sites for hydroxylation is 1. The number of halogens is 1. The van der Waals surface area contributed by atoms with Crippen molar-refractivity contribution in [2.75, 3.05) is 0 Å². The second-order valence-corrected chi connectivity index (χ2v) is 5.46. The van der Waals surface area contributed by atoms with Crippen LogP contribution in [0.4, 0.5) is 0 Å². The summed E-state index contributed by atoms with van der Waals surface area (Å²) < 4.78 is 1.08. The van der Waals surface area contributed by atoms with Crippen molar-refractivity contribution in [3.05, 3.63) is 39.3 Å². The van der Waals surface area contributed by atoms with E-state index in [9.17, 15) is 0 Å². The van der Waals surface area contributed by atoms with Gasteiger partial charge < -0.3 is 5.73 Å². The number of hydrogen-bond acceptors (Lipinski definition) is 3. The van der Waals surface area contributed by atoms with Gasteiger partial charge in [-0.1, -0.05) is 35.0 Å². The Labute approximate surface area is 108 Å². The molecule has 1 heterocycles. The van der Waals surface area contributed by atoms with Crippen LogP contribution in [0.15, 0.2) is 28.7 Å². The Morgan fingerprint density at radius 1 is 1.44 bits per heavy atom. The molecule has 0 spiro atoms. The molecule has 1 aromatic carbocycles. The van der Waals surface area contributed by atoms with Gasteiger partial charge in [0.15, 0.2) is 0 Å². The summed E-state index contributed by atoms with van der Waals surface area (Å²) >= 11 is 5.16. The second kappa shape index (κ2) is 5.08. The predicted molar refractivity (Wildman–Crippen MR) is 72.5 cm³/mol. The molecule has 16 heavy (non-hydrogen) atoms. The average molecular weight is 297 g/mol. The van der Waals surface area contributed by atoms with Crippen molar-refractivity contribution in [3.8, 4) is 10.6 Å². The summed E-state index contributed by atoms with van der Waals surface area (Å²) in [6, 6.07) is 8.19. The summed E-state index contributed by atoms with van der Waals surface area (Å²) in [4.78, 5) is 5.82. The molecule has 2 nitrogen and oxygen atoms in total. The Morgan fingerprint density at radius 3 is 2.81 bits per heavy atom. The fraction of sp³-hybridized carbons (Fsp3) is 0.250. The quantitative estimate of drug-likeness (QED) is 0.940. The summed E-state index contributed by atoms with van der Waals surface area (Å²) in [6.07, 6.45) is 0.942. The zero-order chi connectivity index (χ0) is 11.5. The molecule has 2 N–H and O–H groups in total. The van der Waals surface area contributed by atoms with Crippen molar-refractivity contribution < 1.29 is 0 Å². The van der Waals surface area contributed by atoms with Crippen LogP contribution in [0.1, 0.15) is 17.5 Å². The van der Waals surface area contributed by atoms with E-state index >= 15 is 0 Å². The molecule has 0 unspecified atom stereocenters. The summed E-state index contributed by atoms with van der Waals surface area (Å²) in [5, 5.41) is 1.05. The van der Waals surface area contributed by atoms with Crippen LogP contribution in [0.25, 0.3) is 10.6 Å². The van der Waals surface area contributed by atoms with E-state index in [0.29, 0.717) is 6.54 Å². The van der Waals surface area contributed by atoms with Gasteiger partial charge in [-0.2, -0.15) is 0 Å². The predicted octanol–water partition coefficient (Wildman–Crippen LogP) is 3.59. The molecule has 4 heteroatoms. The fourth-order valence-corrected chi connectivity index (χ4v) is 2.99. The molecule has 2 rings (SSSR count). The lowest BCUT2D eigenvalue weighted by molar-refractivity contribution is 0.989. The highest BCUT2D eigenvalue weighted by Gasteiger charge is 2.09. The first kappa shape index (κ1) is 11.8. The molecule has 0 aliphatic heterocycles. The molecule has 0 radical (unpaired) electrons. The van der Waals surface area contributed by atoms with Gasteiger partial charge >= 0.3 is 0 Å². The van der Waals surface area contributed by atoms with E-state index in [4.69, 9.17) is 5.73 Å². The van der Waals surface area contributed by atoms with Crippen molar-refractivity contribution in [2.24, 2.45) is 5.73 Å². The summed E-state index contributed by atoms with van der Waals surface area (Å²) in [6.45, 7) is 2.69. The van der Waals surface area contributed by atoms with E-state index in [-0.39, 0.29) is 0 Å². The Morgan fingerprint density at radius 2 is 2.25 bits per heavy atom. The maximum atomic E-state index is 5.71. The minimum atomic E-state index is 0.578. The Bertz CT molecular complexity index is 472. The number of rotatable bonds is 3. The van der Waals surface area contributed by atoms with E-state index in [2.05, 4.69) is 40.0 Å². The van der Waals surface area contributed by atoms with Gasteiger partial charge in [0.05, 0.1) is 5.69 Å². The number of nitrogens with two attached hydrogens (primary N) is 1. The highest BCUT2D eigenvalue weighted by Crippen LogP contribution is 2.29. The molecule has 0 bridgehead atoms. The van der Waals surface area contributed by atoms with Crippen LogP contribution in [-0.2, 0) is 13.0 Å². The first-order valence-corrected chi connectivity index (χ1v) is 6.80. The average Bonchev–Trinajstić information content (AvgIpc) is 2.72. The number of hydrogen-bond donors (Lipinski definition) is 1. The zero-order valence-corrected chi connectivity index (χ0v) is 11.4. The standard InChI is InChI=1S/C12H13BrN2S/c1-2-10-11(7-14)16-12(15-10)8-4-3-5-9(13)6-8/h3-6H,2,7,14H2,1H3. The molecule has 0 saturated heterocycles. The SMILES string of the molecule is CCc1nc(-c2cccc(Br)c2)sc1CN. The van der Waals surface area contributed by atoms with Gasteiger partial charge in [-0.25, -0.2) is 4.98 Å². The topological polar surface area (TPSA) is 38.9 Å². The second-order valence-electron chi connectivity index (χ2n) is 3.46. The Balaban J connectivity index is 2.44. The molecule has 0 saturated carbocycles. The van der Waals surface area contributed by atoms with Crippen molar-refractivity contribution in [1.29, 1.82) is 0 Å². The summed E-state index contributed by atoms with van der Waals surface area (Å²) in [5.74, 6) is 0. The number of thiazole rings is 1. The van der Waals surface area contributed by atoms with Gasteiger partial charge in [-0.05, 0) is 18.6 Å². The third-order valence-corrected chi connectivity index (χ3v) is 4.03. The fourth-order valence-electron chi connectivity index (χ4n) is 1.56. The lowest BCUT2D eigenvalue weighted by Gasteiger charge is -1.96. The Hall–Kier alpha value is -0.710. The highest BCUT2D eigenvalue weighted by molar-refractivity contribution is 9.10. The van der Waals surface area contributed by atoms with Crippen molar-refractivity contribution in [3.63, 3.8) is 0 Å². The molecule has 84 valence electrons. The molecular weight excluding hydrogens is 284 g/mol. The number of aromatic nitrogens is 1. The van der Waals surface area contributed by atoms with E-state index in [1.54, 1.807) is 11.3 Å². The van der Waals surface area contributed by atoms with Gasteiger partial charge in [-0.15, -0.1) is 11.3 Å². The minimum Gasteiger partial charge on any atom is -0.326 e. The molecule has 0 fully saturated rings. The third-order valence-electron chi connectivity index (χ3n) is 2.37. The van der Waals surface area contributed by atoms with Crippen LogP contribution < -0.4 is 5.73 Å². The normalized spacial score (nSPS) is 10.7. The first-order chi connectivity index (χ1) is 7.74. The molecule has 1 aromatic heterocycles. The molecule has 0 aliphatic rings. The van der Waals surface area contributed by atoms with Gasteiger partial charge in [0, 0.05) is 21.5 Å². The van der Waals surface area contributed by atoms with Crippen molar-refractivity contribution in [1.82, 2.24) is 4.98 Å². The van der Waals surface area contributed by atoms with E-state index in [0.717, 1.165) is 27.2 Å². The van der Waals surface area contributed by atoms with Crippen LogP contribution in [0, 0.1) is 0 Å². The monoisotopic (exact) mass is 296 g/mol. The largest absolute Gasteiger partial charge is 0.326 e.